The third kappa shape index (κ3) is 3.70. The molecule has 0 spiro atoms. The molecule has 0 fully saturated rings. The predicted molar refractivity (Wildman–Crippen MR) is 92.0 cm³/mol. The molecule has 0 aliphatic carbocycles. The molecule has 1 atom stereocenters. The minimum absolute atomic E-state index is 0.0138. The van der Waals surface area contributed by atoms with Gasteiger partial charge in [0.15, 0.2) is 5.16 Å². The highest BCUT2D eigenvalue weighted by Crippen LogP contribution is 2.31. The van der Waals surface area contributed by atoms with Gasteiger partial charge in [0.25, 0.3) is 5.56 Å². The number of thioether (sulfide) groups is 1. The molecule has 0 saturated carbocycles. The van der Waals surface area contributed by atoms with E-state index in [4.69, 9.17) is 0 Å². The van der Waals surface area contributed by atoms with Crippen LogP contribution in [0, 0.1) is 6.92 Å². The first-order valence-corrected chi connectivity index (χ1v) is 8.94. The second-order valence-electron chi connectivity index (χ2n) is 5.25. The standard InChI is InChI=1S/C15H17N5OS2/c1-9-7-13(21)17-14(16-9)10(2)23-15-19-18-12(20(15)3)8-11-5-4-6-22-11/h4-7,10H,8H2,1-3H3,(H,16,17,21)/t10-/m0/s1. The third-order valence-corrected chi connectivity index (χ3v) is 5.41. The molecule has 0 bridgehead atoms. The lowest BCUT2D eigenvalue weighted by molar-refractivity contribution is 0.746. The molecule has 0 unspecified atom stereocenters. The van der Waals surface area contributed by atoms with E-state index in [-0.39, 0.29) is 10.8 Å². The lowest BCUT2D eigenvalue weighted by Crippen LogP contribution is -2.12. The number of aryl methyl sites for hydroxylation is 1. The minimum atomic E-state index is -0.128. The van der Waals surface area contributed by atoms with E-state index in [1.165, 1.54) is 22.7 Å². The van der Waals surface area contributed by atoms with E-state index < -0.39 is 0 Å². The summed E-state index contributed by atoms with van der Waals surface area (Å²) in [7, 11) is 1.96. The largest absolute Gasteiger partial charge is 0.310 e. The Balaban J connectivity index is 1.77. The Morgan fingerprint density at radius 1 is 1.43 bits per heavy atom. The van der Waals surface area contributed by atoms with Crippen LogP contribution in [0.3, 0.4) is 0 Å². The minimum Gasteiger partial charge on any atom is -0.310 e. The fourth-order valence-electron chi connectivity index (χ4n) is 2.18. The summed E-state index contributed by atoms with van der Waals surface area (Å²) in [6.45, 7) is 3.81. The molecule has 1 N–H and O–H groups in total. The summed E-state index contributed by atoms with van der Waals surface area (Å²) in [4.78, 5) is 20.0. The van der Waals surface area contributed by atoms with E-state index in [1.54, 1.807) is 11.3 Å². The van der Waals surface area contributed by atoms with Crippen molar-refractivity contribution in [3.8, 4) is 0 Å². The number of rotatable bonds is 5. The van der Waals surface area contributed by atoms with Gasteiger partial charge in [-0.1, -0.05) is 17.8 Å². The van der Waals surface area contributed by atoms with E-state index in [0.717, 1.165) is 17.4 Å². The van der Waals surface area contributed by atoms with Crippen LogP contribution in [0.2, 0.25) is 0 Å². The van der Waals surface area contributed by atoms with Gasteiger partial charge in [-0.2, -0.15) is 0 Å². The van der Waals surface area contributed by atoms with Crippen LogP contribution < -0.4 is 5.56 Å². The van der Waals surface area contributed by atoms with Crippen LogP contribution in [-0.2, 0) is 13.5 Å². The Morgan fingerprint density at radius 3 is 2.96 bits per heavy atom. The van der Waals surface area contributed by atoms with Crippen molar-refractivity contribution >= 4 is 23.1 Å². The summed E-state index contributed by atoms with van der Waals surface area (Å²) < 4.78 is 1.99. The molecule has 8 heteroatoms. The van der Waals surface area contributed by atoms with Crippen LogP contribution in [0.25, 0.3) is 0 Å². The molecule has 3 heterocycles. The van der Waals surface area contributed by atoms with Gasteiger partial charge in [-0.05, 0) is 25.3 Å². The van der Waals surface area contributed by atoms with Gasteiger partial charge in [0, 0.05) is 30.1 Å². The van der Waals surface area contributed by atoms with E-state index in [2.05, 4.69) is 31.6 Å². The fraction of sp³-hybridized carbons (Fsp3) is 0.333. The van der Waals surface area contributed by atoms with Crippen molar-refractivity contribution in [1.29, 1.82) is 0 Å². The zero-order valence-corrected chi connectivity index (χ0v) is 14.7. The van der Waals surface area contributed by atoms with Gasteiger partial charge in [0.2, 0.25) is 0 Å². The molecule has 0 aromatic carbocycles. The van der Waals surface area contributed by atoms with Crippen molar-refractivity contribution in [2.75, 3.05) is 0 Å². The number of thiophene rings is 1. The van der Waals surface area contributed by atoms with Crippen LogP contribution in [0.1, 0.15) is 34.4 Å². The molecular formula is C15H17N5OS2. The molecule has 3 rings (SSSR count). The van der Waals surface area contributed by atoms with Crippen LogP contribution in [-0.4, -0.2) is 24.7 Å². The average molecular weight is 347 g/mol. The molecule has 0 aliphatic heterocycles. The van der Waals surface area contributed by atoms with Crippen molar-refractivity contribution in [2.24, 2.45) is 7.05 Å². The van der Waals surface area contributed by atoms with Crippen LogP contribution in [0.4, 0.5) is 0 Å². The van der Waals surface area contributed by atoms with Gasteiger partial charge in [0.1, 0.15) is 11.6 Å². The molecule has 0 amide bonds. The van der Waals surface area contributed by atoms with Gasteiger partial charge in [-0.25, -0.2) is 4.98 Å². The van der Waals surface area contributed by atoms with Gasteiger partial charge >= 0.3 is 0 Å². The zero-order valence-electron chi connectivity index (χ0n) is 13.1. The number of hydrogen-bond acceptors (Lipinski definition) is 6. The first-order chi connectivity index (χ1) is 11.0. The summed E-state index contributed by atoms with van der Waals surface area (Å²) in [5.41, 5.74) is 0.587. The van der Waals surface area contributed by atoms with Gasteiger partial charge < -0.3 is 9.55 Å². The molecule has 6 nitrogen and oxygen atoms in total. The lowest BCUT2D eigenvalue weighted by Gasteiger charge is -2.10. The molecule has 3 aromatic heterocycles. The summed E-state index contributed by atoms with van der Waals surface area (Å²) in [5, 5.41) is 11.4. The lowest BCUT2D eigenvalue weighted by atomic mass is 10.3. The Morgan fingerprint density at radius 2 is 2.26 bits per heavy atom. The van der Waals surface area contributed by atoms with Crippen molar-refractivity contribution in [2.45, 2.75) is 30.7 Å². The number of aromatic amines is 1. The van der Waals surface area contributed by atoms with Crippen molar-refractivity contribution in [3.05, 3.63) is 56.2 Å². The summed E-state index contributed by atoms with van der Waals surface area (Å²) in [6, 6.07) is 5.62. The normalized spacial score (nSPS) is 12.5. The molecular weight excluding hydrogens is 330 g/mol. The van der Waals surface area contributed by atoms with Crippen molar-refractivity contribution in [1.82, 2.24) is 24.7 Å². The van der Waals surface area contributed by atoms with Gasteiger partial charge in [0.05, 0.1) is 5.25 Å². The zero-order chi connectivity index (χ0) is 16.4. The number of hydrogen-bond donors (Lipinski definition) is 1. The molecule has 0 saturated heterocycles. The van der Waals surface area contributed by atoms with Gasteiger partial charge in [-0.15, -0.1) is 21.5 Å². The van der Waals surface area contributed by atoms with Crippen LogP contribution in [0.5, 0.6) is 0 Å². The smallest absolute Gasteiger partial charge is 0.251 e. The highest BCUT2D eigenvalue weighted by atomic mass is 32.2. The van der Waals surface area contributed by atoms with E-state index in [9.17, 15) is 4.79 Å². The topological polar surface area (TPSA) is 76.5 Å². The Kier molecular flexibility index (Phi) is 4.63. The first-order valence-electron chi connectivity index (χ1n) is 7.18. The molecule has 120 valence electrons. The monoisotopic (exact) mass is 347 g/mol. The van der Waals surface area contributed by atoms with Gasteiger partial charge in [-0.3, -0.25) is 4.79 Å². The SMILES string of the molecule is Cc1cc(=O)[nH]c([C@H](C)Sc2nnc(Cc3cccs3)n2C)n1. The molecule has 0 radical (unpaired) electrons. The molecule has 3 aromatic rings. The Hall–Kier alpha value is -1.93. The number of aromatic nitrogens is 5. The Bertz CT molecular complexity index is 853. The maximum absolute atomic E-state index is 11.6. The second kappa shape index (κ2) is 6.67. The molecule has 0 aliphatic rings. The number of nitrogens with zero attached hydrogens (tertiary/aromatic N) is 4. The van der Waals surface area contributed by atoms with E-state index in [1.807, 2.05) is 31.5 Å². The third-order valence-electron chi connectivity index (χ3n) is 3.39. The van der Waals surface area contributed by atoms with Crippen LogP contribution >= 0.6 is 23.1 Å². The summed E-state index contributed by atoms with van der Waals surface area (Å²) >= 11 is 3.25. The molecule has 23 heavy (non-hydrogen) atoms. The summed E-state index contributed by atoms with van der Waals surface area (Å²) in [6.07, 6.45) is 0.773. The number of H-pyrrole nitrogens is 1. The summed E-state index contributed by atoms with van der Waals surface area (Å²) in [5.74, 6) is 1.58. The predicted octanol–water partition coefficient (Wildman–Crippen LogP) is 2.71. The second-order valence-corrected chi connectivity index (χ2v) is 7.59. The van der Waals surface area contributed by atoms with Crippen molar-refractivity contribution in [3.63, 3.8) is 0 Å². The van der Waals surface area contributed by atoms with E-state index in [0.29, 0.717) is 11.5 Å². The van der Waals surface area contributed by atoms with Crippen molar-refractivity contribution < 1.29 is 0 Å². The Labute approximate surface area is 142 Å². The fourth-order valence-corrected chi connectivity index (χ4v) is 3.77. The number of nitrogens with one attached hydrogen (secondary N) is 1. The average Bonchev–Trinajstić information content (AvgIpc) is 3.11. The quantitative estimate of drug-likeness (QED) is 0.718. The van der Waals surface area contributed by atoms with E-state index >= 15 is 0 Å². The highest BCUT2D eigenvalue weighted by Gasteiger charge is 2.16. The van der Waals surface area contributed by atoms with Crippen LogP contribution in [0.15, 0.2) is 33.5 Å². The highest BCUT2D eigenvalue weighted by molar-refractivity contribution is 7.99. The first kappa shape index (κ1) is 15.9. The maximum Gasteiger partial charge on any atom is 0.251 e. The maximum atomic E-state index is 11.6.